The molecule has 0 atom stereocenters. The Hall–Kier alpha value is -2.43. The van der Waals surface area contributed by atoms with Crippen molar-refractivity contribution in [1.82, 2.24) is 0 Å². The zero-order valence-corrected chi connectivity index (χ0v) is 10.8. The molecule has 1 aromatic heterocycles. The van der Waals surface area contributed by atoms with Crippen molar-refractivity contribution in [2.75, 3.05) is 13.2 Å². The third-order valence-corrected chi connectivity index (χ3v) is 3.02. The first-order valence-electron chi connectivity index (χ1n) is 6.43. The van der Waals surface area contributed by atoms with Crippen molar-refractivity contribution in [3.05, 3.63) is 36.1 Å². The molecule has 3 rings (SSSR count). The van der Waals surface area contributed by atoms with Crippen LogP contribution >= 0.6 is 0 Å². The van der Waals surface area contributed by atoms with Gasteiger partial charge in [-0.15, -0.1) is 0 Å². The van der Waals surface area contributed by atoms with E-state index >= 15 is 0 Å². The highest BCUT2D eigenvalue weighted by atomic mass is 16.5. The molecular formula is C15H14O5. The second kappa shape index (κ2) is 5.28. The Bertz CT molecular complexity index is 629. The van der Waals surface area contributed by atoms with Crippen LogP contribution in [0.5, 0.6) is 11.5 Å². The summed E-state index contributed by atoms with van der Waals surface area (Å²) < 4.78 is 16.7. The second-order valence-electron chi connectivity index (χ2n) is 4.55. The fourth-order valence-corrected chi connectivity index (χ4v) is 2.09. The molecule has 1 aromatic carbocycles. The number of benzene rings is 1. The number of aliphatic carboxylic acids is 1. The number of ether oxygens (including phenoxy) is 2. The molecule has 104 valence electrons. The Kier molecular flexibility index (Phi) is 3.33. The van der Waals surface area contributed by atoms with E-state index in [0.29, 0.717) is 30.5 Å². The van der Waals surface area contributed by atoms with Crippen molar-refractivity contribution in [1.29, 1.82) is 0 Å². The highest BCUT2D eigenvalue weighted by Crippen LogP contribution is 2.34. The van der Waals surface area contributed by atoms with Gasteiger partial charge in [-0.05, 0) is 30.3 Å². The van der Waals surface area contributed by atoms with E-state index in [0.717, 1.165) is 17.7 Å². The van der Waals surface area contributed by atoms with Crippen LogP contribution in [0, 0.1) is 0 Å². The van der Waals surface area contributed by atoms with Crippen molar-refractivity contribution in [3.8, 4) is 22.8 Å². The maximum Gasteiger partial charge on any atom is 0.311 e. The Balaban J connectivity index is 1.88. The Morgan fingerprint density at radius 2 is 1.90 bits per heavy atom. The number of carboxylic acids is 1. The zero-order valence-electron chi connectivity index (χ0n) is 10.8. The molecule has 0 bridgehead atoms. The summed E-state index contributed by atoms with van der Waals surface area (Å²) in [5.41, 5.74) is 0.839. The van der Waals surface area contributed by atoms with Crippen LogP contribution in [0.4, 0.5) is 0 Å². The molecule has 0 spiro atoms. The van der Waals surface area contributed by atoms with Crippen molar-refractivity contribution < 1.29 is 23.8 Å². The summed E-state index contributed by atoms with van der Waals surface area (Å²) in [5.74, 6) is 1.56. The Morgan fingerprint density at radius 3 is 2.70 bits per heavy atom. The van der Waals surface area contributed by atoms with E-state index in [4.69, 9.17) is 19.0 Å². The number of hydrogen-bond acceptors (Lipinski definition) is 4. The van der Waals surface area contributed by atoms with Crippen LogP contribution in [0.15, 0.2) is 34.7 Å². The molecule has 1 aliphatic heterocycles. The van der Waals surface area contributed by atoms with Crippen molar-refractivity contribution in [2.24, 2.45) is 0 Å². The Morgan fingerprint density at radius 1 is 1.10 bits per heavy atom. The van der Waals surface area contributed by atoms with Crippen molar-refractivity contribution in [3.63, 3.8) is 0 Å². The van der Waals surface area contributed by atoms with Gasteiger partial charge in [-0.25, -0.2) is 0 Å². The first-order valence-corrected chi connectivity index (χ1v) is 6.43. The SMILES string of the molecule is O=C(O)Cc1ccc(-c2ccc3c(c2)OCCCO3)o1. The summed E-state index contributed by atoms with van der Waals surface area (Å²) in [7, 11) is 0. The molecule has 0 radical (unpaired) electrons. The monoisotopic (exact) mass is 274 g/mol. The molecule has 0 amide bonds. The minimum atomic E-state index is -0.912. The number of hydrogen-bond donors (Lipinski definition) is 1. The summed E-state index contributed by atoms with van der Waals surface area (Å²) in [6.07, 6.45) is 0.734. The lowest BCUT2D eigenvalue weighted by Gasteiger charge is -2.08. The van der Waals surface area contributed by atoms with Crippen LogP contribution in [-0.4, -0.2) is 24.3 Å². The van der Waals surface area contributed by atoms with Gasteiger partial charge in [0.1, 0.15) is 17.9 Å². The van der Waals surface area contributed by atoms with E-state index in [-0.39, 0.29) is 6.42 Å². The molecule has 0 fully saturated rings. The number of fused-ring (bicyclic) bond motifs is 1. The third-order valence-electron chi connectivity index (χ3n) is 3.02. The van der Waals surface area contributed by atoms with Gasteiger partial charge in [0.2, 0.25) is 0 Å². The quantitative estimate of drug-likeness (QED) is 0.932. The van der Waals surface area contributed by atoms with E-state index in [1.165, 1.54) is 0 Å². The minimum Gasteiger partial charge on any atom is -0.490 e. The number of carboxylic acid groups (broad SMARTS) is 1. The van der Waals surface area contributed by atoms with Crippen molar-refractivity contribution in [2.45, 2.75) is 12.8 Å². The van der Waals surface area contributed by atoms with E-state index in [9.17, 15) is 4.79 Å². The molecular weight excluding hydrogens is 260 g/mol. The molecule has 0 saturated carbocycles. The summed E-state index contributed by atoms with van der Waals surface area (Å²) in [6, 6.07) is 9.00. The molecule has 2 aromatic rings. The maximum atomic E-state index is 10.6. The zero-order chi connectivity index (χ0) is 13.9. The van der Waals surface area contributed by atoms with Gasteiger partial charge >= 0.3 is 5.97 Å². The Labute approximate surface area is 115 Å². The molecule has 0 aliphatic carbocycles. The summed E-state index contributed by atoms with van der Waals surface area (Å²) in [4.78, 5) is 10.6. The predicted octanol–water partition coefficient (Wildman–Crippen LogP) is 2.74. The molecule has 5 heteroatoms. The van der Waals surface area contributed by atoms with E-state index in [1.807, 2.05) is 18.2 Å². The molecule has 1 N–H and O–H groups in total. The summed E-state index contributed by atoms with van der Waals surface area (Å²) in [5, 5.41) is 8.74. The van der Waals surface area contributed by atoms with Gasteiger partial charge in [0.25, 0.3) is 0 Å². The topological polar surface area (TPSA) is 68.9 Å². The van der Waals surface area contributed by atoms with Crippen LogP contribution in [0.25, 0.3) is 11.3 Å². The third kappa shape index (κ3) is 2.61. The molecule has 2 heterocycles. The average Bonchev–Trinajstić information content (AvgIpc) is 2.74. The van der Waals surface area contributed by atoms with Crippen LogP contribution in [0.3, 0.4) is 0 Å². The van der Waals surface area contributed by atoms with Gasteiger partial charge in [-0.3, -0.25) is 4.79 Å². The van der Waals surface area contributed by atoms with Gasteiger partial charge in [0.05, 0.1) is 13.2 Å². The lowest BCUT2D eigenvalue weighted by Crippen LogP contribution is -1.97. The highest BCUT2D eigenvalue weighted by Gasteiger charge is 2.13. The summed E-state index contributed by atoms with van der Waals surface area (Å²) >= 11 is 0. The summed E-state index contributed by atoms with van der Waals surface area (Å²) in [6.45, 7) is 1.27. The minimum absolute atomic E-state index is 0.120. The first-order chi connectivity index (χ1) is 9.72. The second-order valence-corrected chi connectivity index (χ2v) is 4.55. The van der Waals surface area contributed by atoms with Gasteiger partial charge in [-0.2, -0.15) is 0 Å². The molecule has 5 nitrogen and oxygen atoms in total. The van der Waals surface area contributed by atoms with Crippen LogP contribution in [-0.2, 0) is 11.2 Å². The fraction of sp³-hybridized carbons (Fsp3) is 0.267. The van der Waals surface area contributed by atoms with Gasteiger partial charge < -0.3 is 19.0 Å². The number of carbonyl (C=O) groups is 1. The lowest BCUT2D eigenvalue weighted by molar-refractivity contribution is -0.136. The van der Waals surface area contributed by atoms with Crippen LogP contribution in [0.1, 0.15) is 12.2 Å². The van der Waals surface area contributed by atoms with E-state index in [1.54, 1.807) is 12.1 Å². The smallest absolute Gasteiger partial charge is 0.311 e. The predicted molar refractivity (Wildman–Crippen MR) is 71.1 cm³/mol. The number of rotatable bonds is 3. The van der Waals surface area contributed by atoms with Crippen molar-refractivity contribution >= 4 is 5.97 Å². The fourth-order valence-electron chi connectivity index (χ4n) is 2.09. The van der Waals surface area contributed by atoms with Gasteiger partial charge in [0.15, 0.2) is 11.5 Å². The number of furan rings is 1. The maximum absolute atomic E-state index is 10.6. The van der Waals surface area contributed by atoms with Crippen LogP contribution < -0.4 is 9.47 Å². The lowest BCUT2D eigenvalue weighted by atomic mass is 10.1. The molecule has 0 saturated heterocycles. The molecule has 20 heavy (non-hydrogen) atoms. The highest BCUT2D eigenvalue weighted by molar-refractivity contribution is 5.70. The first kappa shape index (κ1) is 12.6. The standard InChI is InChI=1S/C15H14O5/c16-15(17)9-11-3-5-12(20-11)10-2-4-13-14(8-10)19-7-1-6-18-13/h2-5,8H,1,6-7,9H2,(H,16,17). The van der Waals surface area contributed by atoms with E-state index < -0.39 is 5.97 Å². The average molecular weight is 274 g/mol. The largest absolute Gasteiger partial charge is 0.490 e. The van der Waals surface area contributed by atoms with Crippen LogP contribution in [0.2, 0.25) is 0 Å². The van der Waals surface area contributed by atoms with Gasteiger partial charge in [0, 0.05) is 12.0 Å². The van der Waals surface area contributed by atoms with E-state index in [2.05, 4.69) is 0 Å². The van der Waals surface area contributed by atoms with Gasteiger partial charge in [-0.1, -0.05) is 0 Å². The molecule has 1 aliphatic rings. The molecule has 0 unspecified atom stereocenters. The normalized spacial score (nSPS) is 13.8.